The number of carboxylic acids is 2. The number of hydrogen-bond acceptors (Lipinski definition) is 4. The average Bonchev–Trinajstić information content (AvgIpc) is 2.79. The van der Waals surface area contributed by atoms with Crippen molar-refractivity contribution in [2.75, 3.05) is 6.54 Å². The Hall–Kier alpha value is -3.14. The van der Waals surface area contributed by atoms with Gasteiger partial charge in [-0.25, -0.2) is 0 Å². The Morgan fingerprint density at radius 3 is 2.52 bits per heavy atom. The van der Waals surface area contributed by atoms with Gasteiger partial charge in [-0.3, -0.25) is 9.59 Å². The maximum absolute atomic E-state index is 12.9. The molecule has 0 spiro atoms. The first kappa shape index (κ1) is 24.5. The summed E-state index contributed by atoms with van der Waals surface area (Å²) in [7, 11) is 0. The fraction of sp³-hybridized carbons (Fsp3) is 0.346. The molecule has 4 unspecified atom stereocenters. The zero-order chi connectivity index (χ0) is 24.1. The van der Waals surface area contributed by atoms with Gasteiger partial charge >= 0.3 is 11.9 Å². The van der Waals surface area contributed by atoms with Crippen molar-refractivity contribution in [2.45, 2.75) is 38.1 Å². The van der Waals surface area contributed by atoms with Crippen molar-refractivity contribution < 1.29 is 19.8 Å². The van der Waals surface area contributed by atoms with Gasteiger partial charge in [0.2, 0.25) is 0 Å². The minimum Gasteiger partial charge on any atom is -0.481 e. The average molecular weight is 467 g/mol. The maximum Gasteiger partial charge on any atom is 0.315 e. The lowest BCUT2D eigenvalue weighted by molar-refractivity contribution is -0.165. The highest BCUT2D eigenvalue weighted by Crippen LogP contribution is 2.56. The zero-order valence-corrected chi connectivity index (χ0v) is 19.1. The molecule has 172 valence electrons. The minimum absolute atomic E-state index is 0.00569. The number of allylic oxidation sites excluding steroid dienone is 1. The molecule has 1 aliphatic rings. The third kappa shape index (κ3) is 4.66. The quantitative estimate of drug-likeness (QED) is 0.488. The molecule has 0 aromatic heterocycles. The molecule has 1 aliphatic heterocycles. The fourth-order valence-electron chi connectivity index (χ4n) is 5.08. The summed E-state index contributed by atoms with van der Waals surface area (Å²) in [6, 6.07) is 17.8. The number of hydrogen-bond donors (Lipinski definition) is 3. The van der Waals surface area contributed by atoms with Crippen LogP contribution in [0.25, 0.3) is 0 Å². The van der Waals surface area contributed by atoms with E-state index in [-0.39, 0.29) is 19.4 Å². The molecule has 0 radical (unpaired) electrons. The molecule has 33 heavy (non-hydrogen) atoms. The summed E-state index contributed by atoms with van der Waals surface area (Å²) in [5.41, 5.74) is -1.55. The lowest BCUT2D eigenvalue weighted by Crippen LogP contribution is -2.65. The standard InChI is InChI=1S/C26H27ClN2O4/c1-18-26(24(32)33,14-7-15-28)22(20-11-5-12-21(27)16-20)25(17-29-18,23(30)31)13-6-10-19-8-3-2-4-9-19/h2-6,8-9,11-13,16,18,22,29H,7,10,14,17H2,1H3,(H,30,31)(H,32,33). The first-order chi connectivity index (χ1) is 15.8. The van der Waals surface area contributed by atoms with Crippen LogP contribution in [0.1, 0.15) is 36.8 Å². The Bertz CT molecular complexity index is 1080. The Kier molecular flexibility index (Phi) is 7.57. The third-order valence-electron chi connectivity index (χ3n) is 6.74. The molecular formula is C26H27ClN2O4. The molecule has 2 aromatic rings. The highest BCUT2D eigenvalue weighted by Gasteiger charge is 2.63. The lowest BCUT2D eigenvalue weighted by atomic mass is 9.52. The van der Waals surface area contributed by atoms with Crippen molar-refractivity contribution >= 4 is 23.5 Å². The van der Waals surface area contributed by atoms with E-state index in [0.717, 1.165) is 5.56 Å². The normalized spacial score (nSPS) is 27.2. The summed E-state index contributed by atoms with van der Waals surface area (Å²) in [5, 5.41) is 33.8. The number of carboxylic acid groups (broad SMARTS) is 2. The molecule has 0 aliphatic carbocycles. The minimum atomic E-state index is -1.56. The van der Waals surface area contributed by atoms with E-state index in [9.17, 15) is 25.1 Å². The van der Waals surface area contributed by atoms with Crippen LogP contribution in [0, 0.1) is 22.2 Å². The second-order valence-corrected chi connectivity index (χ2v) is 8.97. The topological polar surface area (TPSA) is 110 Å². The van der Waals surface area contributed by atoms with Crippen molar-refractivity contribution in [3.05, 3.63) is 82.9 Å². The van der Waals surface area contributed by atoms with Crippen LogP contribution >= 0.6 is 11.6 Å². The van der Waals surface area contributed by atoms with Gasteiger partial charge in [0, 0.05) is 29.9 Å². The van der Waals surface area contributed by atoms with Crippen LogP contribution in [0.5, 0.6) is 0 Å². The predicted octanol–water partition coefficient (Wildman–Crippen LogP) is 4.66. The molecule has 3 rings (SSSR count). The van der Waals surface area contributed by atoms with E-state index in [1.165, 1.54) is 0 Å². The molecule has 1 heterocycles. The van der Waals surface area contributed by atoms with Crippen LogP contribution in [-0.2, 0) is 16.0 Å². The number of nitrogens with zero attached hydrogens (tertiary/aromatic N) is 1. The molecule has 7 heteroatoms. The molecule has 6 nitrogen and oxygen atoms in total. The molecule has 0 amide bonds. The Balaban J connectivity index is 2.21. The van der Waals surface area contributed by atoms with Crippen LogP contribution in [0.3, 0.4) is 0 Å². The Morgan fingerprint density at radius 2 is 1.91 bits per heavy atom. The lowest BCUT2D eigenvalue weighted by Gasteiger charge is -2.53. The van der Waals surface area contributed by atoms with E-state index >= 15 is 0 Å². The van der Waals surface area contributed by atoms with Crippen molar-refractivity contribution in [1.82, 2.24) is 5.32 Å². The first-order valence-corrected chi connectivity index (χ1v) is 11.2. The van der Waals surface area contributed by atoms with Gasteiger partial charge in [-0.1, -0.05) is 66.2 Å². The van der Waals surface area contributed by atoms with Crippen molar-refractivity contribution in [3.63, 3.8) is 0 Å². The molecular weight excluding hydrogens is 440 g/mol. The number of rotatable bonds is 8. The van der Waals surface area contributed by atoms with Gasteiger partial charge in [0.25, 0.3) is 0 Å². The van der Waals surface area contributed by atoms with E-state index < -0.39 is 34.7 Å². The Labute approximate surface area is 198 Å². The van der Waals surface area contributed by atoms with Gasteiger partial charge in [-0.2, -0.15) is 5.26 Å². The molecule has 1 saturated heterocycles. The van der Waals surface area contributed by atoms with E-state index in [0.29, 0.717) is 17.0 Å². The van der Waals surface area contributed by atoms with Gasteiger partial charge in [-0.05, 0) is 43.0 Å². The number of nitriles is 1. The van der Waals surface area contributed by atoms with E-state index in [4.69, 9.17) is 11.6 Å². The number of nitrogens with one attached hydrogen (secondary N) is 1. The van der Waals surface area contributed by atoms with Crippen molar-refractivity contribution in [1.29, 1.82) is 5.26 Å². The predicted molar refractivity (Wildman–Crippen MR) is 126 cm³/mol. The summed E-state index contributed by atoms with van der Waals surface area (Å²) in [4.78, 5) is 25.8. The van der Waals surface area contributed by atoms with Gasteiger partial charge in [0.15, 0.2) is 0 Å². The second-order valence-electron chi connectivity index (χ2n) is 8.53. The van der Waals surface area contributed by atoms with Gasteiger partial charge in [0.05, 0.1) is 11.5 Å². The molecule has 0 bridgehead atoms. The van der Waals surface area contributed by atoms with Crippen molar-refractivity contribution in [3.8, 4) is 6.07 Å². The third-order valence-corrected chi connectivity index (χ3v) is 6.98. The second kappa shape index (κ2) is 10.2. The number of aliphatic carboxylic acids is 2. The van der Waals surface area contributed by atoms with Gasteiger partial charge in [0.1, 0.15) is 5.41 Å². The monoisotopic (exact) mass is 466 g/mol. The number of carbonyl (C=O) groups is 2. The summed E-state index contributed by atoms with van der Waals surface area (Å²) in [6.07, 6.45) is 3.91. The van der Waals surface area contributed by atoms with Gasteiger partial charge < -0.3 is 15.5 Å². The molecule has 1 fully saturated rings. The number of halogens is 1. The van der Waals surface area contributed by atoms with Crippen LogP contribution in [0.4, 0.5) is 0 Å². The zero-order valence-electron chi connectivity index (χ0n) is 18.4. The molecule has 4 atom stereocenters. The summed E-state index contributed by atoms with van der Waals surface area (Å²) < 4.78 is 0. The van der Waals surface area contributed by atoms with E-state index in [2.05, 4.69) is 5.32 Å². The van der Waals surface area contributed by atoms with Crippen LogP contribution < -0.4 is 5.32 Å². The smallest absolute Gasteiger partial charge is 0.315 e. The first-order valence-electron chi connectivity index (χ1n) is 10.8. The summed E-state index contributed by atoms with van der Waals surface area (Å²) >= 11 is 6.25. The van der Waals surface area contributed by atoms with Gasteiger partial charge in [-0.15, -0.1) is 0 Å². The van der Waals surface area contributed by atoms with E-state index in [1.807, 2.05) is 36.4 Å². The maximum atomic E-state index is 12.9. The fourth-order valence-corrected chi connectivity index (χ4v) is 5.28. The highest BCUT2D eigenvalue weighted by molar-refractivity contribution is 6.30. The largest absolute Gasteiger partial charge is 0.481 e. The SMILES string of the molecule is CC1NCC(C=CCc2ccccc2)(C(=O)O)C(c2cccc(Cl)c2)C1(CCC#N)C(=O)O. The number of benzene rings is 2. The highest BCUT2D eigenvalue weighted by atomic mass is 35.5. The molecule has 3 N–H and O–H groups in total. The summed E-state index contributed by atoms with van der Waals surface area (Å²) in [5.74, 6) is -3.21. The summed E-state index contributed by atoms with van der Waals surface area (Å²) in [6.45, 7) is 1.79. The number of piperidine rings is 1. The van der Waals surface area contributed by atoms with Crippen molar-refractivity contribution in [2.24, 2.45) is 10.8 Å². The van der Waals surface area contributed by atoms with Crippen LogP contribution in [-0.4, -0.2) is 34.7 Å². The molecule has 0 saturated carbocycles. The Morgan fingerprint density at radius 1 is 1.18 bits per heavy atom. The van der Waals surface area contributed by atoms with Crippen LogP contribution in [0.15, 0.2) is 66.7 Å². The molecule has 2 aromatic carbocycles. The van der Waals surface area contributed by atoms with E-state index in [1.54, 1.807) is 43.3 Å². The van der Waals surface area contributed by atoms with Crippen LogP contribution in [0.2, 0.25) is 5.02 Å².